The molecule has 2 amide bonds. The predicted molar refractivity (Wildman–Crippen MR) is 104 cm³/mol. The molecule has 0 aliphatic carbocycles. The molecule has 0 unspecified atom stereocenters. The highest BCUT2D eigenvalue weighted by atomic mass is 16.2. The van der Waals surface area contributed by atoms with Crippen LogP contribution >= 0.6 is 0 Å². The molecular weight excluding hydrogens is 326 g/mol. The molecule has 0 saturated carbocycles. The first-order chi connectivity index (χ1) is 12.6. The first kappa shape index (κ1) is 17.7. The summed E-state index contributed by atoms with van der Waals surface area (Å²) in [5.41, 5.74) is 1.36. The Bertz CT molecular complexity index is 647. The smallest absolute Gasteiger partial charge is 0.325 e. The lowest BCUT2D eigenvalue weighted by molar-refractivity contribution is 0.135. The summed E-state index contributed by atoms with van der Waals surface area (Å²) in [6.07, 6.45) is 6.65. The Morgan fingerprint density at radius 2 is 2.04 bits per heavy atom. The first-order valence-corrected chi connectivity index (χ1v) is 9.96. The number of pyridine rings is 1. The minimum absolute atomic E-state index is 0.0407. The van der Waals surface area contributed by atoms with Gasteiger partial charge in [0.25, 0.3) is 0 Å². The maximum atomic E-state index is 12.7. The van der Waals surface area contributed by atoms with Crippen molar-refractivity contribution in [2.24, 2.45) is 5.92 Å². The summed E-state index contributed by atoms with van der Waals surface area (Å²) >= 11 is 0. The van der Waals surface area contributed by atoms with Crippen LogP contribution in [-0.2, 0) is 5.41 Å². The monoisotopic (exact) mass is 357 g/mol. The SMILES string of the molecule is CN(C)C(=O)N1CC2(CCN(CC3CCNCC3)CC2)c2cccnc21. The third-order valence-corrected chi connectivity index (χ3v) is 6.48. The van der Waals surface area contributed by atoms with E-state index in [1.807, 2.05) is 25.1 Å². The zero-order chi connectivity index (χ0) is 18.1. The molecule has 26 heavy (non-hydrogen) atoms. The van der Waals surface area contributed by atoms with Gasteiger partial charge in [-0.3, -0.25) is 4.90 Å². The molecule has 0 aromatic carbocycles. The van der Waals surface area contributed by atoms with E-state index >= 15 is 0 Å². The van der Waals surface area contributed by atoms with E-state index in [0.717, 1.165) is 44.2 Å². The fourth-order valence-corrected chi connectivity index (χ4v) is 4.91. The maximum Gasteiger partial charge on any atom is 0.325 e. The Morgan fingerprint density at radius 1 is 1.31 bits per heavy atom. The van der Waals surface area contributed by atoms with Crippen LogP contribution in [0, 0.1) is 5.92 Å². The number of anilines is 1. The number of hydrogen-bond donors (Lipinski definition) is 1. The van der Waals surface area contributed by atoms with Crippen LogP contribution in [-0.4, -0.2) is 74.2 Å². The van der Waals surface area contributed by atoms with Crippen molar-refractivity contribution in [1.82, 2.24) is 20.1 Å². The second-order valence-electron chi connectivity index (χ2n) is 8.41. The Kier molecular flexibility index (Phi) is 4.88. The standard InChI is InChI=1S/C20H31N5O/c1-23(2)19(26)25-15-20(17-4-3-9-22-18(17)25)7-12-24(13-8-20)14-16-5-10-21-11-6-16/h3-4,9,16,21H,5-8,10-15H2,1-2H3. The average molecular weight is 358 g/mol. The van der Waals surface area contributed by atoms with Crippen molar-refractivity contribution in [3.63, 3.8) is 0 Å². The van der Waals surface area contributed by atoms with Crippen LogP contribution in [0.3, 0.4) is 0 Å². The van der Waals surface area contributed by atoms with Crippen molar-refractivity contribution in [3.05, 3.63) is 23.9 Å². The summed E-state index contributed by atoms with van der Waals surface area (Å²) < 4.78 is 0. The van der Waals surface area contributed by atoms with E-state index in [-0.39, 0.29) is 11.4 Å². The number of fused-ring (bicyclic) bond motifs is 2. The number of aromatic nitrogens is 1. The average Bonchev–Trinajstić information content (AvgIpc) is 2.98. The van der Waals surface area contributed by atoms with Crippen molar-refractivity contribution in [1.29, 1.82) is 0 Å². The minimum Gasteiger partial charge on any atom is -0.330 e. The molecule has 2 fully saturated rings. The second kappa shape index (κ2) is 7.16. The first-order valence-electron chi connectivity index (χ1n) is 9.96. The van der Waals surface area contributed by atoms with Crippen molar-refractivity contribution >= 4 is 11.8 Å². The van der Waals surface area contributed by atoms with Crippen molar-refractivity contribution < 1.29 is 4.79 Å². The van der Waals surface area contributed by atoms with E-state index in [1.54, 1.807) is 11.1 Å². The van der Waals surface area contributed by atoms with Crippen molar-refractivity contribution in [3.8, 4) is 0 Å². The summed E-state index contributed by atoms with van der Waals surface area (Å²) in [5.74, 6) is 1.72. The van der Waals surface area contributed by atoms with Gasteiger partial charge in [-0.1, -0.05) is 6.07 Å². The van der Waals surface area contributed by atoms with Gasteiger partial charge in [-0.2, -0.15) is 0 Å². The molecule has 0 atom stereocenters. The number of amides is 2. The summed E-state index contributed by atoms with van der Waals surface area (Å²) in [6.45, 7) is 6.60. The normalized spacial score (nSPS) is 23.2. The predicted octanol–water partition coefficient (Wildman–Crippen LogP) is 1.92. The highest BCUT2D eigenvalue weighted by Crippen LogP contribution is 2.46. The highest BCUT2D eigenvalue weighted by molar-refractivity contribution is 5.93. The minimum atomic E-state index is 0.0407. The lowest BCUT2D eigenvalue weighted by atomic mass is 9.74. The number of likely N-dealkylation sites (tertiary alicyclic amines) is 1. The largest absolute Gasteiger partial charge is 0.330 e. The zero-order valence-corrected chi connectivity index (χ0v) is 16.1. The van der Waals surface area contributed by atoms with Gasteiger partial charge in [0.15, 0.2) is 0 Å². The van der Waals surface area contributed by atoms with Crippen molar-refractivity contribution in [2.75, 3.05) is 58.3 Å². The van der Waals surface area contributed by atoms with Gasteiger partial charge in [0.1, 0.15) is 5.82 Å². The summed E-state index contributed by atoms with van der Waals surface area (Å²) in [7, 11) is 3.63. The van der Waals surface area contributed by atoms with Crippen LogP contribution in [0.2, 0.25) is 0 Å². The molecule has 1 aromatic heterocycles. The highest BCUT2D eigenvalue weighted by Gasteiger charge is 2.47. The van der Waals surface area contributed by atoms with Gasteiger partial charge in [0.05, 0.1) is 0 Å². The number of urea groups is 1. The quantitative estimate of drug-likeness (QED) is 0.879. The molecule has 1 aromatic rings. The van der Waals surface area contributed by atoms with Crippen LogP contribution in [0.5, 0.6) is 0 Å². The van der Waals surface area contributed by atoms with Gasteiger partial charge in [0, 0.05) is 44.4 Å². The van der Waals surface area contributed by atoms with E-state index < -0.39 is 0 Å². The molecule has 0 radical (unpaired) electrons. The van der Waals surface area contributed by atoms with Gasteiger partial charge in [-0.25, -0.2) is 9.78 Å². The number of carbonyl (C=O) groups excluding carboxylic acids is 1. The third-order valence-electron chi connectivity index (χ3n) is 6.48. The Hall–Kier alpha value is -1.66. The van der Waals surface area contributed by atoms with Crippen LogP contribution in [0.4, 0.5) is 10.6 Å². The summed E-state index contributed by atoms with van der Waals surface area (Å²) in [5, 5.41) is 3.46. The summed E-state index contributed by atoms with van der Waals surface area (Å²) in [4.78, 5) is 23.4. The molecule has 0 bridgehead atoms. The fraction of sp³-hybridized carbons (Fsp3) is 0.700. The van der Waals surface area contributed by atoms with E-state index in [0.29, 0.717) is 0 Å². The molecule has 4 heterocycles. The fourth-order valence-electron chi connectivity index (χ4n) is 4.91. The maximum absolute atomic E-state index is 12.7. The number of carbonyl (C=O) groups is 1. The molecule has 3 aliphatic rings. The van der Waals surface area contributed by atoms with Crippen LogP contribution < -0.4 is 10.2 Å². The molecule has 1 spiro atoms. The van der Waals surface area contributed by atoms with Crippen LogP contribution in [0.1, 0.15) is 31.2 Å². The van der Waals surface area contributed by atoms with Crippen molar-refractivity contribution in [2.45, 2.75) is 31.1 Å². The second-order valence-corrected chi connectivity index (χ2v) is 8.41. The van der Waals surface area contributed by atoms with E-state index in [9.17, 15) is 4.79 Å². The lowest BCUT2D eigenvalue weighted by Gasteiger charge is -2.41. The Morgan fingerprint density at radius 3 is 2.73 bits per heavy atom. The van der Waals surface area contributed by atoms with Gasteiger partial charge in [0.2, 0.25) is 0 Å². The number of nitrogens with zero attached hydrogens (tertiary/aromatic N) is 4. The number of hydrogen-bond acceptors (Lipinski definition) is 4. The van der Waals surface area contributed by atoms with E-state index in [2.05, 4.69) is 21.3 Å². The van der Waals surface area contributed by atoms with Crippen LogP contribution in [0.25, 0.3) is 0 Å². The Balaban J connectivity index is 1.47. The molecule has 6 nitrogen and oxygen atoms in total. The number of piperidine rings is 2. The Labute approximate surface area is 156 Å². The van der Waals surface area contributed by atoms with Gasteiger partial charge >= 0.3 is 6.03 Å². The lowest BCUT2D eigenvalue weighted by Crippen LogP contribution is -2.48. The number of rotatable bonds is 2. The van der Waals surface area contributed by atoms with Gasteiger partial charge < -0.3 is 15.1 Å². The third kappa shape index (κ3) is 3.21. The molecule has 142 valence electrons. The zero-order valence-electron chi connectivity index (χ0n) is 16.1. The molecule has 3 aliphatic heterocycles. The molecule has 1 N–H and O–H groups in total. The molecule has 4 rings (SSSR count). The van der Waals surface area contributed by atoms with Crippen LogP contribution in [0.15, 0.2) is 18.3 Å². The summed E-state index contributed by atoms with van der Waals surface area (Å²) in [6, 6.07) is 4.25. The number of nitrogens with one attached hydrogen (secondary N) is 1. The van der Waals surface area contributed by atoms with Gasteiger partial charge in [-0.15, -0.1) is 0 Å². The van der Waals surface area contributed by atoms with Gasteiger partial charge in [-0.05, 0) is 63.8 Å². The molecule has 2 saturated heterocycles. The molecular formula is C20H31N5O. The van der Waals surface area contributed by atoms with E-state index in [1.165, 1.54) is 38.0 Å². The topological polar surface area (TPSA) is 51.7 Å². The van der Waals surface area contributed by atoms with E-state index in [4.69, 9.17) is 0 Å². The molecule has 6 heteroatoms.